The SMILES string of the molecule is COC(=O)[C@H](CC(C)C)N1C(=O)c2ccccc2C1(O)Cc1ccccc1. The number of benzene rings is 2. The molecule has 0 saturated carbocycles. The summed E-state index contributed by atoms with van der Waals surface area (Å²) < 4.78 is 4.97. The Bertz CT molecular complexity index is 833. The van der Waals surface area contributed by atoms with E-state index in [1.165, 1.54) is 12.0 Å². The molecule has 1 amide bonds. The van der Waals surface area contributed by atoms with E-state index in [9.17, 15) is 14.7 Å². The van der Waals surface area contributed by atoms with E-state index in [-0.39, 0.29) is 18.2 Å². The third kappa shape index (κ3) is 3.47. The van der Waals surface area contributed by atoms with E-state index in [0.717, 1.165) is 5.56 Å². The molecule has 0 aromatic heterocycles. The van der Waals surface area contributed by atoms with Crippen molar-refractivity contribution in [2.45, 2.75) is 38.5 Å². The molecule has 0 bridgehead atoms. The molecule has 0 saturated heterocycles. The van der Waals surface area contributed by atoms with Gasteiger partial charge in [0.25, 0.3) is 5.91 Å². The van der Waals surface area contributed by atoms with E-state index in [0.29, 0.717) is 17.5 Å². The molecule has 2 aromatic rings. The third-order valence-electron chi connectivity index (χ3n) is 4.98. The fraction of sp³-hybridized carbons (Fsp3) is 0.364. The van der Waals surface area contributed by atoms with Crippen LogP contribution in [0.4, 0.5) is 0 Å². The van der Waals surface area contributed by atoms with Crippen LogP contribution in [0.2, 0.25) is 0 Å². The van der Waals surface area contributed by atoms with Crippen LogP contribution in [0.25, 0.3) is 0 Å². The predicted octanol–water partition coefficient (Wildman–Crippen LogP) is 3.12. The van der Waals surface area contributed by atoms with Crippen molar-refractivity contribution in [1.82, 2.24) is 4.90 Å². The van der Waals surface area contributed by atoms with Gasteiger partial charge in [0, 0.05) is 17.5 Å². The van der Waals surface area contributed by atoms with Crippen LogP contribution in [-0.4, -0.2) is 35.0 Å². The lowest BCUT2D eigenvalue weighted by molar-refractivity contribution is -0.160. The minimum absolute atomic E-state index is 0.145. The minimum atomic E-state index is -1.61. The maximum absolute atomic E-state index is 13.2. The molecule has 1 unspecified atom stereocenters. The lowest BCUT2D eigenvalue weighted by atomic mass is 9.92. The van der Waals surface area contributed by atoms with Gasteiger partial charge in [-0.05, 0) is 24.0 Å². The van der Waals surface area contributed by atoms with Crippen molar-refractivity contribution in [3.63, 3.8) is 0 Å². The third-order valence-corrected chi connectivity index (χ3v) is 4.98. The molecule has 2 aromatic carbocycles. The maximum atomic E-state index is 13.2. The summed E-state index contributed by atoms with van der Waals surface area (Å²) in [6.07, 6.45) is 0.603. The Labute approximate surface area is 159 Å². The molecule has 1 heterocycles. The van der Waals surface area contributed by atoms with Gasteiger partial charge in [-0.2, -0.15) is 0 Å². The highest BCUT2D eigenvalue weighted by Crippen LogP contribution is 2.42. The first-order chi connectivity index (χ1) is 12.9. The lowest BCUT2D eigenvalue weighted by Crippen LogP contribution is -2.54. The highest BCUT2D eigenvalue weighted by molar-refractivity contribution is 6.02. The van der Waals surface area contributed by atoms with Gasteiger partial charge in [0.1, 0.15) is 6.04 Å². The summed E-state index contributed by atoms with van der Waals surface area (Å²) in [4.78, 5) is 27.1. The zero-order valence-electron chi connectivity index (χ0n) is 15.9. The molecule has 0 radical (unpaired) electrons. The second kappa shape index (κ2) is 7.53. The number of rotatable bonds is 6. The molecule has 142 valence electrons. The molecule has 2 atom stereocenters. The van der Waals surface area contributed by atoms with Crippen LogP contribution in [0.1, 0.15) is 41.8 Å². The molecule has 0 spiro atoms. The average molecular weight is 367 g/mol. The van der Waals surface area contributed by atoms with Crippen LogP contribution in [0.5, 0.6) is 0 Å². The largest absolute Gasteiger partial charge is 0.467 e. The molecule has 1 N–H and O–H groups in total. The fourth-order valence-electron chi connectivity index (χ4n) is 3.80. The summed E-state index contributed by atoms with van der Waals surface area (Å²) in [5.74, 6) is -0.719. The number of fused-ring (bicyclic) bond motifs is 1. The smallest absolute Gasteiger partial charge is 0.328 e. The zero-order valence-corrected chi connectivity index (χ0v) is 15.9. The van der Waals surface area contributed by atoms with Gasteiger partial charge >= 0.3 is 5.97 Å². The second-order valence-electron chi connectivity index (χ2n) is 7.37. The number of esters is 1. The molecule has 27 heavy (non-hydrogen) atoms. The van der Waals surface area contributed by atoms with Gasteiger partial charge in [-0.15, -0.1) is 0 Å². The van der Waals surface area contributed by atoms with Gasteiger partial charge in [0.05, 0.1) is 7.11 Å². The first kappa shape index (κ1) is 19.1. The van der Waals surface area contributed by atoms with Gasteiger partial charge in [-0.25, -0.2) is 4.79 Å². The Morgan fingerprint density at radius 3 is 2.37 bits per heavy atom. The van der Waals surface area contributed by atoms with Crippen LogP contribution in [-0.2, 0) is 21.7 Å². The summed E-state index contributed by atoms with van der Waals surface area (Å²) in [6.45, 7) is 3.94. The number of aliphatic hydroxyl groups is 1. The molecule has 1 aliphatic heterocycles. The number of hydrogen-bond acceptors (Lipinski definition) is 4. The number of hydrogen-bond donors (Lipinski definition) is 1. The normalized spacial score (nSPS) is 19.9. The molecule has 1 aliphatic rings. The first-order valence-corrected chi connectivity index (χ1v) is 9.15. The number of carbonyl (C=O) groups excluding carboxylic acids is 2. The zero-order chi connectivity index (χ0) is 19.6. The van der Waals surface area contributed by atoms with E-state index < -0.39 is 17.7 Å². The maximum Gasteiger partial charge on any atom is 0.328 e. The Morgan fingerprint density at radius 2 is 1.74 bits per heavy atom. The molecule has 0 aliphatic carbocycles. The van der Waals surface area contributed by atoms with E-state index in [4.69, 9.17) is 4.74 Å². The number of amides is 1. The minimum Gasteiger partial charge on any atom is -0.467 e. The van der Waals surface area contributed by atoms with Crippen molar-refractivity contribution < 1.29 is 19.4 Å². The molecular formula is C22H25NO4. The highest BCUT2D eigenvalue weighted by Gasteiger charge is 2.53. The standard InChI is InChI=1S/C22H25NO4/c1-15(2)13-19(21(25)27-3)23-20(24)17-11-7-8-12-18(17)22(23,26)14-16-9-5-4-6-10-16/h4-12,15,19,26H,13-14H2,1-3H3/t19-,22?/m0/s1. The average Bonchev–Trinajstić information content (AvgIpc) is 2.87. The molecule has 3 rings (SSSR count). The number of nitrogens with zero attached hydrogens (tertiary/aromatic N) is 1. The van der Waals surface area contributed by atoms with Crippen molar-refractivity contribution in [1.29, 1.82) is 0 Å². The van der Waals surface area contributed by atoms with Gasteiger partial charge in [-0.1, -0.05) is 62.4 Å². The van der Waals surface area contributed by atoms with Crippen LogP contribution in [0.15, 0.2) is 54.6 Å². The Morgan fingerprint density at radius 1 is 1.11 bits per heavy atom. The van der Waals surface area contributed by atoms with Crippen LogP contribution < -0.4 is 0 Å². The van der Waals surface area contributed by atoms with Crippen molar-refractivity contribution >= 4 is 11.9 Å². The quantitative estimate of drug-likeness (QED) is 0.797. The monoisotopic (exact) mass is 367 g/mol. The molecule has 5 heteroatoms. The second-order valence-corrected chi connectivity index (χ2v) is 7.37. The van der Waals surface area contributed by atoms with E-state index in [2.05, 4.69) is 0 Å². The van der Waals surface area contributed by atoms with Crippen molar-refractivity contribution in [3.05, 3.63) is 71.3 Å². The van der Waals surface area contributed by atoms with Gasteiger partial charge in [0.15, 0.2) is 5.72 Å². The van der Waals surface area contributed by atoms with E-state index in [1.807, 2.05) is 44.2 Å². The number of ether oxygens (including phenoxy) is 1. The van der Waals surface area contributed by atoms with Gasteiger partial charge in [-0.3, -0.25) is 9.69 Å². The van der Waals surface area contributed by atoms with Crippen LogP contribution >= 0.6 is 0 Å². The number of methoxy groups -OCH3 is 1. The Balaban J connectivity index is 2.12. The lowest BCUT2D eigenvalue weighted by Gasteiger charge is -2.39. The Hall–Kier alpha value is -2.66. The topological polar surface area (TPSA) is 66.8 Å². The van der Waals surface area contributed by atoms with Gasteiger partial charge in [0.2, 0.25) is 0 Å². The predicted molar refractivity (Wildman–Crippen MR) is 102 cm³/mol. The molecule has 5 nitrogen and oxygen atoms in total. The number of carbonyl (C=O) groups is 2. The molecular weight excluding hydrogens is 342 g/mol. The van der Waals surface area contributed by atoms with E-state index in [1.54, 1.807) is 24.3 Å². The first-order valence-electron chi connectivity index (χ1n) is 9.15. The van der Waals surface area contributed by atoms with Crippen molar-refractivity contribution in [2.24, 2.45) is 5.92 Å². The fourth-order valence-corrected chi connectivity index (χ4v) is 3.80. The van der Waals surface area contributed by atoms with Crippen LogP contribution in [0.3, 0.4) is 0 Å². The summed E-state index contributed by atoms with van der Waals surface area (Å²) in [5, 5.41) is 11.8. The van der Waals surface area contributed by atoms with Gasteiger partial charge < -0.3 is 9.84 Å². The van der Waals surface area contributed by atoms with Crippen molar-refractivity contribution in [2.75, 3.05) is 7.11 Å². The summed E-state index contributed by atoms with van der Waals surface area (Å²) in [5.41, 5.74) is 0.218. The Kier molecular flexibility index (Phi) is 5.33. The summed E-state index contributed by atoms with van der Waals surface area (Å²) in [6, 6.07) is 15.6. The van der Waals surface area contributed by atoms with Crippen molar-refractivity contribution in [3.8, 4) is 0 Å². The summed E-state index contributed by atoms with van der Waals surface area (Å²) in [7, 11) is 1.31. The van der Waals surface area contributed by atoms with E-state index >= 15 is 0 Å². The summed E-state index contributed by atoms with van der Waals surface area (Å²) >= 11 is 0. The molecule has 0 fully saturated rings. The highest BCUT2D eigenvalue weighted by atomic mass is 16.5. The van der Waals surface area contributed by atoms with Crippen LogP contribution in [0, 0.1) is 5.92 Å².